The van der Waals surface area contributed by atoms with Crippen LogP contribution in [-0.2, 0) is 0 Å². The Kier molecular flexibility index (Phi) is 5.10. The molecule has 5 rings (SSSR count). The third kappa shape index (κ3) is 3.87. The minimum absolute atomic E-state index is 0.0327. The molecule has 0 unspecified atom stereocenters. The normalized spacial score (nSPS) is 13.9. The van der Waals surface area contributed by atoms with Crippen molar-refractivity contribution in [2.75, 3.05) is 31.1 Å². The summed E-state index contributed by atoms with van der Waals surface area (Å²) in [4.78, 5) is 30.3. The minimum Gasteiger partial charge on any atom is -0.337 e. The molecule has 0 aliphatic carbocycles. The van der Waals surface area contributed by atoms with Crippen molar-refractivity contribution in [3.05, 3.63) is 85.1 Å². The SMILES string of the molecule is O=C(c1cn(-c2ccccc2)nc1-c1cccnc1)N1CCN(c2ncccn2)CC1. The molecule has 0 radical (unpaired) electrons. The minimum atomic E-state index is -0.0327. The van der Waals surface area contributed by atoms with Gasteiger partial charge in [-0.1, -0.05) is 18.2 Å². The molecule has 8 nitrogen and oxygen atoms in total. The molecule has 1 fully saturated rings. The molecule has 1 aliphatic heterocycles. The van der Waals surface area contributed by atoms with Gasteiger partial charge in [0, 0.05) is 62.7 Å². The maximum Gasteiger partial charge on any atom is 0.257 e. The van der Waals surface area contributed by atoms with Crippen LogP contribution in [-0.4, -0.2) is 61.7 Å². The number of nitrogens with zero attached hydrogens (tertiary/aromatic N) is 7. The van der Waals surface area contributed by atoms with Gasteiger partial charge in [0.15, 0.2) is 0 Å². The van der Waals surface area contributed by atoms with Gasteiger partial charge in [-0.2, -0.15) is 5.10 Å². The fourth-order valence-electron chi connectivity index (χ4n) is 3.69. The van der Waals surface area contributed by atoms with Crippen LogP contribution in [0.4, 0.5) is 5.95 Å². The molecule has 1 aliphatic rings. The van der Waals surface area contributed by atoms with E-state index in [-0.39, 0.29) is 5.91 Å². The Morgan fingerprint density at radius 2 is 1.61 bits per heavy atom. The lowest BCUT2D eigenvalue weighted by Gasteiger charge is -2.34. The lowest BCUT2D eigenvalue weighted by molar-refractivity contribution is 0.0747. The number of pyridine rings is 1. The summed E-state index contributed by atoms with van der Waals surface area (Å²) >= 11 is 0. The number of benzene rings is 1. The first-order valence-corrected chi connectivity index (χ1v) is 10.2. The molecule has 1 aromatic carbocycles. The Labute approximate surface area is 179 Å². The zero-order chi connectivity index (χ0) is 21.0. The van der Waals surface area contributed by atoms with E-state index in [1.165, 1.54) is 0 Å². The van der Waals surface area contributed by atoms with Gasteiger partial charge in [-0.25, -0.2) is 14.6 Å². The summed E-state index contributed by atoms with van der Waals surface area (Å²) in [5, 5.41) is 4.73. The van der Waals surface area contributed by atoms with Crippen LogP contribution < -0.4 is 4.90 Å². The van der Waals surface area contributed by atoms with Crippen molar-refractivity contribution in [3.63, 3.8) is 0 Å². The number of hydrogen-bond donors (Lipinski definition) is 0. The van der Waals surface area contributed by atoms with Crippen LogP contribution in [0.2, 0.25) is 0 Å². The lowest BCUT2D eigenvalue weighted by Crippen LogP contribution is -2.49. The molecule has 154 valence electrons. The van der Waals surface area contributed by atoms with Gasteiger partial charge in [-0.15, -0.1) is 0 Å². The number of carbonyl (C=O) groups is 1. The molecular weight excluding hydrogens is 390 g/mol. The Balaban J connectivity index is 1.42. The number of aromatic nitrogens is 5. The zero-order valence-corrected chi connectivity index (χ0v) is 16.9. The highest BCUT2D eigenvalue weighted by molar-refractivity contribution is 6.00. The molecule has 0 saturated carbocycles. The second kappa shape index (κ2) is 8.35. The number of carbonyl (C=O) groups excluding carboxylic acids is 1. The topological polar surface area (TPSA) is 80.0 Å². The van der Waals surface area contributed by atoms with E-state index in [0.29, 0.717) is 43.4 Å². The highest BCUT2D eigenvalue weighted by atomic mass is 16.2. The molecule has 8 heteroatoms. The van der Waals surface area contributed by atoms with E-state index in [9.17, 15) is 4.79 Å². The predicted molar refractivity (Wildman–Crippen MR) is 117 cm³/mol. The maximum atomic E-state index is 13.5. The summed E-state index contributed by atoms with van der Waals surface area (Å²) in [6.45, 7) is 2.57. The molecule has 31 heavy (non-hydrogen) atoms. The van der Waals surface area contributed by atoms with Gasteiger partial charge in [-0.3, -0.25) is 9.78 Å². The quantitative estimate of drug-likeness (QED) is 0.514. The van der Waals surface area contributed by atoms with Gasteiger partial charge < -0.3 is 9.80 Å². The molecule has 3 aromatic heterocycles. The van der Waals surface area contributed by atoms with E-state index in [1.54, 1.807) is 35.5 Å². The largest absolute Gasteiger partial charge is 0.337 e. The van der Waals surface area contributed by atoms with Crippen molar-refractivity contribution in [1.82, 2.24) is 29.6 Å². The second-order valence-corrected chi connectivity index (χ2v) is 7.24. The van der Waals surface area contributed by atoms with Crippen LogP contribution in [0.25, 0.3) is 16.9 Å². The number of hydrogen-bond acceptors (Lipinski definition) is 6. The third-order valence-electron chi connectivity index (χ3n) is 5.30. The Morgan fingerprint density at radius 1 is 0.839 bits per heavy atom. The standard InChI is InChI=1S/C23H21N7O/c31-22(28-12-14-29(15-13-28)23-25-10-5-11-26-23)20-17-30(19-7-2-1-3-8-19)27-21(20)18-6-4-9-24-16-18/h1-11,16-17H,12-15H2. The van der Waals surface area contributed by atoms with Crippen molar-refractivity contribution < 1.29 is 4.79 Å². The van der Waals surface area contributed by atoms with Crippen molar-refractivity contribution in [1.29, 1.82) is 0 Å². The average molecular weight is 411 g/mol. The van der Waals surface area contributed by atoms with Gasteiger partial charge in [0.25, 0.3) is 5.91 Å². The molecule has 0 bridgehead atoms. The summed E-state index contributed by atoms with van der Waals surface area (Å²) in [5.74, 6) is 0.664. The van der Waals surface area contributed by atoms with Gasteiger partial charge in [-0.05, 0) is 30.3 Å². The van der Waals surface area contributed by atoms with Crippen LogP contribution in [0.5, 0.6) is 0 Å². The van der Waals surface area contributed by atoms with Crippen molar-refractivity contribution in [3.8, 4) is 16.9 Å². The Morgan fingerprint density at radius 3 is 2.32 bits per heavy atom. The molecule has 0 atom stereocenters. The fraction of sp³-hybridized carbons (Fsp3) is 0.174. The molecule has 1 saturated heterocycles. The molecule has 0 N–H and O–H groups in total. The van der Waals surface area contributed by atoms with E-state index >= 15 is 0 Å². The van der Waals surface area contributed by atoms with Gasteiger partial charge in [0.05, 0.1) is 11.3 Å². The predicted octanol–water partition coefficient (Wildman–Crippen LogP) is 2.69. The zero-order valence-electron chi connectivity index (χ0n) is 16.9. The van der Waals surface area contributed by atoms with Gasteiger partial charge in [0.1, 0.15) is 5.69 Å². The molecule has 1 amide bonds. The van der Waals surface area contributed by atoms with Gasteiger partial charge >= 0.3 is 0 Å². The van der Waals surface area contributed by atoms with E-state index in [1.807, 2.05) is 53.6 Å². The number of rotatable bonds is 4. The molecule has 0 spiro atoms. The summed E-state index contributed by atoms with van der Waals surface area (Å²) in [6.07, 6.45) is 8.73. The smallest absolute Gasteiger partial charge is 0.257 e. The van der Waals surface area contributed by atoms with Crippen molar-refractivity contribution in [2.45, 2.75) is 0 Å². The third-order valence-corrected chi connectivity index (χ3v) is 5.30. The number of piperazine rings is 1. The number of para-hydroxylation sites is 1. The molecule has 4 heterocycles. The first-order valence-electron chi connectivity index (χ1n) is 10.2. The highest BCUT2D eigenvalue weighted by Crippen LogP contribution is 2.25. The van der Waals surface area contributed by atoms with Gasteiger partial charge in [0.2, 0.25) is 5.95 Å². The Bertz CT molecular complexity index is 1150. The number of anilines is 1. The van der Waals surface area contributed by atoms with Crippen LogP contribution >= 0.6 is 0 Å². The van der Waals surface area contributed by atoms with E-state index < -0.39 is 0 Å². The lowest BCUT2D eigenvalue weighted by atomic mass is 10.1. The monoisotopic (exact) mass is 411 g/mol. The summed E-state index contributed by atoms with van der Waals surface area (Å²) in [6, 6.07) is 15.4. The second-order valence-electron chi connectivity index (χ2n) is 7.24. The van der Waals surface area contributed by atoms with Crippen LogP contribution in [0.15, 0.2) is 79.5 Å². The first-order chi connectivity index (χ1) is 15.3. The van der Waals surface area contributed by atoms with E-state index in [0.717, 1.165) is 11.3 Å². The average Bonchev–Trinajstić information content (AvgIpc) is 3.31. The molecule has 4 aromatic rings. The van der Waals surface area contributed by atoms with Crippen molar-refractivity contribution in [2.24, 2.45) is 0 Å². The van der Waals surface area contributed by atoms with Crippen molar-refractivity contribution >= 4 is 11.9 Å². The van der Waals surface area contributed by atoms with Crippen LogP contribution in [0.3, 0.4) is 0 Å². The van der Waals surface area contributed by atoms with Crippen LogP contribution in [0, 0.1) is 0 Å². The Hall–Kier alpha value is -4.07. The summed E-state index contributed by atoms with van der Waals surface area (Å²) < 4.78 is 1.75. The fourth-order valence-corrected chi connectivity index (χ4v) is 3.69. The van der Waals surface area contributed by atoms with E-state index in [2.05, 4.69) is 19.9 Å². The summed E-state index contributed by atoms with van der Waals surface area (Å²) in [5.41, 5.74) is 2.92. The summed E-state index contributed by atoms with van der Waals surface area (Å²) in [7, 11) is 0. The highest BCUT2D eigenvalue weighted by Gasteiger charge is 2.27. The maximum absolute atomic E-state index is 13.5. The molecular formula is C23H21N7O. The number of amides is 1. The van der Waals surface area contributed by atoms with E-state index in [4.69, 9.17) is 5.10 Å². The first kappa shape index (κ1) is 18.9. The van der Waals surface area contributed by atoms with Crippen LogP contribution in [0.1, 0.15) is 10.4 Å².